The minimum absolute atomic E-state index is 0.222. The third kappa shape index (κ3) is 4.80. The van der Waals surface area contributed by atoms with Gasteiger partial charge in [-0.1, -0.05) is 0 Å². The van der Waals surface area contributed by atoms with E-state index in [0.29, 0.717) is 19.0 Å². The van der Waals surface area contributed by atoms with Crippen molar-refractivity contribution in [1.82, 2.24) is 29.7 Å². The van der Waals surface area contributed by atoms with Crippen LogP contribution < -0.4 is 16.4 Å². The highest BCUT2D eigenvalue weighted by Gasteiger charge is 2.23. The van der Waals surface area contributed by atoms with Crippen LogP contribution in [0.2, 0.25) is 0 Å². The number of aromatic nitrogens is 4. The molecule has 11 nitrogen and oxygen atoms in total. The van der Waals surface area contributed by atoms with Crippen molar-refractivity contribution in [2.75, 3.05) is 63.1 Å². The van der Waals surface area contributed by atoms with Gasteiger partial charge in [-0.3, -0.25) is 9.80 Å². The molecule has 0 radical (unpaired) electrons. The zero-order chi connectivity index (χ0) is 22.8. The van der Waals surface area contributed by atoms with E-state index in [2.05, 4.69) is 25.8 Å². The van der Waals surface area contributed by atoms with E-state index in [9.17, 15) is 4.79 Å². The molecule has 1 unspecified atom stereocenters. The monoisotopic (exact) mass is 469 g/mol. The molecule has 3 aromatic rings. The summed E-state index contributed by atoms with van der Waals surface area (Å²) in [5.41, 5.74) is 13.2. The summed E-state index contributed by atoms with van der Waals surface area (Å²) in [6, 6.07) is 2.15. The number of nitrogens with zero attached hydrogens (tertiary/aromatic N) is 7. The van der Waals surface area contributed by atoms with Gasteiger partial charge in [-0.25, -0.2) is 19.9 Å². The van der Waals surface area contributed by atoms with E-state index in [4.69, 9.17) is 26.2 Å². The minimum Gasteiger partial charge on any atom is -0.378 e. The summed E-state index contributed by atoms with van der Waals surface area (Å²) in [7, 11) is 0. The van der Waals surface area contributed by atoms with Crippen LogP contribution >= 0.6 is 11.3 Å². The molecule has 0 bridgehead atoms. The van der Waals surface area contributed by atoms with Gasteiger partial charge in [0, 0.05) is 63.1 Å². The first kappa shape index (κ1) is 22.0. The number of nitrogen functional groups attached to an aromatic ring is 1. The van der Waals surface area contributed by atoms with Crippen molar-refractivity contribution < 1.29 is 9.53 Å². The number of hydrogen-bond acceptors (Lipinski definition) is 12. The smallest absolute Gasteiger partial charge is 0.219 e. The van der Waals surface area contributed by atoms with E-state index in [1.54, 1.807) is 23.7 Å². The summed E-state index contributed by atoms with van der Waals surface area (Å²) in [6.45, 7) is 7.06. The van der Waals surface area contributed by atoms with Gasteiger partial charge in [0.2, 0.25) is 5.95 Å². The predicted octanol–water partition coefficient (Wildman–Crippen LogP) is 0.168. The Bertz CT molecular complexity index is 1110. The lowest BCUT2D eigenvalue weighted by Crippen LogP contribution is -2.53. The van der Waals surface area contributed by atoms with Crippen LogP contribution in [0.1, 0.15) is 4.88 Å². The number of anilines is 2. The van der Waals surface area contributed by atoms with Crippen molar-refractivity contribution in [2.24, 2.45) is 5.73 Å². The number of rotatable bonds is 6. The lowest BCUT2D eigenvalue weighted by molar-refractivity contribution is -0.113. The fourth-order valence-electron chi connectivity index (χ4n) is 4.14. The number of hydrogen-bond donors (Lipinski definition) is 2. The van der Waals surface area contributed by atoms with Gasteiger partial charge in [-0.05, 0) is 6.07 Å². The molecule has 0 amide bonds. The highest BCUT2D eigenvalue weighted by Crippen LogP contribution is 2.35. The molecule has 2 aliphatic heterocycles. The first-order valence-corrected chi connectivity index (χ1v) is 11.8. The van der Waals surface area contributed by atoms with Crippen molar-refractivity contribution in [3.05, 3.63) is 23.3 Å². The Labute approximate surface area is 195 Å². The van der Waals surface area contributed by atoms with Gasteiger partial charge in [-0.15, -0.1) is 11.3 Å². The SMILES string of the molecule is Nc1ncc(-c2nc(N3CCOCC3)c3sc(CN4CCN(C(N)C=O)CC4)cc3n2)cn1. The second-order valence-electron chi connectivity index (χ2n) is 8.17. The minimum atomic E-state index is -0.515. The van der Waals surface area contributed by atoms with E-state index in [-0.39, 0.29) is 5.95 Å². The molecule has 0 aliphatic carbocycles. The number of fused-ring (bicyclic) bond motifs is 1. The quantitative estimate of drug-likeness (QED) is 0.477. The van der Waals surface area contributed by atoms with Crippen LogP contribution in [-0.2, 0) is 16.1 Å². The molecular formula is C21H27N9O2S. The molecule has 3 aromatic heterocycles. The number of nitrogens with two attached hydrogens (primary N) is 2. The van der Waals surface area contributed by atoms with Gasteiger partial charge in [-0.2, -0.15) is 0 Å². The molecule has 5 rings (SSSR count). The number of morpholine rings is 1. The van der Waals surface area contributed by atoms with Crippen LogP contribution in [0.15, 0.2) is 18.5 Å². The molecule has 174 valence electrons. The van der Waals surface area contributed by atoms with Crippen LogP contribution in [0, 0.1) is 0 Å². The van der Waals surface area contributed by atoms with E-state index in [1.165, 1.54) is 4.88 Å². The van der Waals surface area contributed by atoms with Crippen molar-refractivity contribution in [1.29, 1.82) is 0 Å². The molecular weight excluding hydrogens is 442 g/mol. The third-order valence-corrected chi connectivity index (χ3v) is 7.10. The Morgan fingerprint density at radius 3 is 2.52 bits per heavy atom. The summed E-state index contributed by atoms with van der Waals surface area (Å²) in [4.78, 5) is 36.8. The fraction of sp³-hybridized carbons (Fsp3) is 0.476. The largest absolute Gasteiger partial charge is 0.378 e. The van der Waals surface area contributed by atoms with E-state index >= 15 is 0 Å². The first-order chi connectivity index (χ1) is 16.1. The number of carbonyl (C=O) groups excluding carboxylic acids is 1. The van der Waals surface area contributed by atoms with E-state index < -0.39 is 6.17 Å². The van der Waals surface area contributed by atoms with Crippen molar-refractivity contribution >= 4 is 39.6 Å². The highest BCUT2D eigenvalue weighted by molar-refractivity contribution is 7.19. The number of thiophene rings is 1. The Morgan fingerprint density at radius 1 is 1.09 bits per heavy atom. The highest BCUT2D eigenvalue weighted by atomic mass is 32.1. The van der Waals surface area contributed by atoms with Gasteiger partial charge in [0.25, 0.3) is 0 Å². The van der Waals surface area contributed by atoms with Crippen LogP contribution in [-0.4, -0.2) is 94.7 Å². The maximum absolute atomic E-state index is 11.0. The molecule has 0 spiro atoms. The van der Waals surface area contributed by atoms with Crippen molar-refractivity contribution in [3.8, 4) is 11.4 Å². The van der Waals surface area contributed by atoms with Gasteiger partial charge in [0.15, 0.2) is 17.9 Å². The molecule has 0 saturated carbocycles. The molecule has 5 heterocycles. The lowest BCUT2D eigenvalue weighted by Gasteiger charge is -2.35. The summed E-state index contributed by atoms with van der Waals surface area (Å²) < 4.78 is 6.62. The predicted molar refractivity (Wildman–Crippen MR) is 127 cm³/mol. The Hall–Kier alpha value is -2.77. The average molecular weight is 470 g/mol. The average Bonchev–Trinajstić information content (AvgIpc) is 3.26. The maximum atomic E-state index is 11.0. The molecule has 4 N–H and O–H groups in total. The van der Waals surface area contributed by atoms with Crippen LogP contribution in [0.4, 0.5) is 11.8 Å². The molecule has 0 aromatic carbocycles. The Kier molecular flexibility index (Phi) is 6.42. The fourth-order valence-corrected chi connectivity index (χ4v) is 5.30. The van der Waals surface area contributed by atoms with Gasteiger partial charge in [0.1, 0.15) is 6.17 Å². The second kappa shape index (κ2) is 9.61. The molecule has 2 fully saturated rings. The second-order valence-corrected chi connectivity index (χ2v) is 9.30. The number of ether oxygens (including phenoxy) is 1. The van der Waals surface area contributed by atoms with Gasteiger partial charge >= 0.3 is 0 Å². The first-order valence-electron chi connectivity index (χ1n) is 11.0. The Balaban J connectivity index is 1.43. The standard InChI is InChI=1S/C21H27N9O2S/c22-17(13-31)29-3-1-28(2-4-29)12-15-9-16-18(33-15)20(30-5-7-32-8-6-30)27-19(26-16)14-10-24-21(23)25-11-14/h9-11,13,17H,1-8,12,22H2,(H2,23,24,25). The molecule has 33 heavy (non-hydrogen) atoms. The number of aldehydes is 1. The van der Waals surface area contributed by atoms with Gasteiger partial charge < -0.3 is 25.9 Å². The number of piperazine rings is 1. The van der Waals surface area contributed by atoms with Crippen LogP contribution in [0.3, 0.4) is 0 Å². The molecule has 1 atom stereocenters. The van der Waals surface area contributed by atoms with Crippen LogP contribution in [0.5, 0.6) is 0 Å². The van der Waals surface area contributed by atoms with E-state index in [0.717, 1.165) is 73.7 Å². The van der Waals surface area contributed by atoms with Crippen molar-refractivity contribution in [3.63, 3.8) is 0 Å². The third-order valence-electron chi connectivity index (χ3n) is 5.99. The zero-order valence-corrected chi connectivity index (χ0v) is 19.1. The van der Waals surface area contributed by atoms with E-state index in [1.807, 2.05) is 4.90 Å². The topological polar surface area (TPSA) is 140 Å². The van der Waals surface area contributed by atoms with Crippen molar-refractivity contribution in [2.45, 2.75) is 12.7 Å². The normalized spacial score (nSPS) is 19.1. The summed E-state index contributed by atoms with van der Waals surface area (Å²) in [5.74, 6) is 1.73. The summed E-state index contributed by atoms with van der Waals surface area (Å²) >= 11 is 1.73. The molecule has 2 aliphatic rings. The summed E-state index contributed by atoms with van der Waals surface area (Å²) in [6.07, 6.45) is 3.60. The zero-order valence-electron chi connectivity index (χ0n) is 18.3. The Morgan fingerprint density at radius 2 is 1.82 bits per heavy atom. The lowest BCUT2D eigenvalue weighted by atomic mass is 10.2. The van der Waals surface area contributed by atoms with Crippen LogP contribution in [0.25, 0.3) is 21.6 Å². The molecule has 12 heteroatoms. The maximum Gasteiger partial charge on any atom is 0.219 e. The summed E-state index contributed by atoms with van der Waals surface area (Å²) in [5, 5.41) is 0. The number of carbonyl (C=O) groups is 1. The van der Waals surface area contributed by atoms with Gasteiger partial charge in [0.05, 0.1) is 29.0 Å². The molecule has 2 saturated heterocycles.